The molecule has 4 heteroatoms. The number of benzene rings is 2. The molecular formula is C26H22N2O2. The topological polar surface area (TPSA) is 55.2 Å². The Morgan fingerprint density at radius 2 is 1.37 bits per heavy atom. The first-order valence-electron chi connectivity index (χ1n) is 10.0. The lowest BCUT2D eigenvalue weighted by atomic mass is 9.95. The highest BCUT2D eigenvalue weighted by molar-refractivity contribution is 5.68. The van der Waals surface area contributed by atoms with Gasteiger partial charge in [0, 0.05) is 24.2 Å². The lowest BCUT2D eigenvalue weighted by molar-refractivity contribution is 0.282. The Bertz CT molecular complexity index is 1140. The van der Waals surface area contributed by atoms with Crippen LogP contribution in [0.5, 0.6) is 5.75 Å². The molecule has 4 aromatic rings. The van der Waals surface area contributed by atoms with Gasteiger partial charge in [0.2, 0.25) is 0 Å². The zero-order valence-corrected chi connectivity index (χ0v) is 16.8. The van der Waals surface area contributed by atoms with Crippen LogP contribution in [0, 0.1) is 0 Å². The first-order chi connectivity index (χ1) is 14.7. The number of nitrogens with zero attached hydrogens (tertiary/aromatic N) is 2. The van der Waals surface area contributed by atoms with Crippen molar-refractivity contribution >= 4 is 0 Å². The fraction of sp³-hybridized carbons (Fsp3) is 0.154. The lowest BCUT2D eigenvalue weighted by Gasteiger charge is -2.14. The summed E-state index contributed by atoms with van der Waals surface area (Å²) in [6.07, 6.45) is 1.38. The second kappa shape index (κ2) is 7.73. The molecule has 2 aromatic heterocycles. The molecule has 2 aromatic carbocycles. The number of rotatable bonds is 2. The molecule has 8 bridgehead atoms. The maximum absolute atomic E-state index is 9.83. The smallest absolute Gasteiger partial charge is 0.119 e. The number of ether oxygens (including phenoxy) is 1. The molecule has 1 N–H and O–H groups in total. The lowest BCUT2D eigenvalue weighted by Crippen LogP contribution is -2.00. The fourth-order valence-corrected chi connectivity index (χ4v) is 4.03. The summed E-state index contributed by atoms with van der Waals surface area (Å²) in [5.41, 5.74) is 8.97. The van der Waals surface area contributed by atoms with E-state index in [2.05, 4.69) is 18.2 Å². The molecule has 5 rings (SSSR count). The summed E-state index contributed by atoms with van der Waals surface area (Å²) in [6.45, 7) is -0.000377. The van der Waals surface area contributed by atoms with E-state index in [1.54, 1.807) is 7.11 Å². The van der Waals surface area contributed by atoms with E-state index in [1.165, 1.54) is 0 Å². The minimum atomic E-state index is -0.000377. The summed E-state index contributed by atoms with van der Waals surface area (Å²) in [4.78, 5) is 9.72. The third kappa shape index (κ3) is 3.70. The SMILES string of the molecule is COc1cc2cc(c1)-c1cc(CO)cc(c1)Cc1cccc(n1)-c1cccc(n1)C2. The number of aliphatic hydroxyl groups excluding tert-OH is 1. The molecular weight excluding hydrogens is 372 g/mol. The average Bonchev–Trinajstić information content (AvgIpc) is 2.78. The van der Waals surface area contributed by atoms with Crippen LogP contribution in [-0.2, 0) is 19.4 Å². The average molecular weight is 394 g/mol. The van der Waals surface area contributed by atoms with E-state index in [1.807, 2.05) is 54.6 Å². The maximum Gasteiger partial charge on any atom is 0.119 e. The van der Waals surface area contributed by atoms with E-state index in [9.17, 15) is 5.11 Å². The van der Waals surface area contributed by atoms with Gasteiger partial charge in [-0.2, -0.15) is 0 Å². The first kappa shape index (κ1) is 18.5. The number of pyridine rings is 2. The molecule has 4 nitrogen and oxygen atoms in total. The van der Waals surface area contributed by atoms with Crippen molar-refractivity contribution in [3.05, 3.63) is 101 Å². The minimum absolute atomic E-state index is 0.000377. The van der Waals surface area contributed by atoms with Crippen molar-refractivity contribution in [3.63, 3.8) is 0 Å². The van der Waals surface area contributed by atoms with Crippen LogP contribution in [0.3, 0.4) is 0 Å². The standard InChI is InChI=1S/C26H22N2O2/c1-30-24-14-18-10-21(15-24)20-9-17(8-19(11-20)16-29)12-22-4-2-6-25(27-22)26-7-3-5-23(13-18)28-26/h2-11,14-15,29H,12-13,16H2,1H3. The van der Waals surface area contributed by atoms with Gasteiger partial charge < -0.3 is 9.84 Å². The molecule has 1 aliphatic rings. The summed E-state index contributed by atoms with van der Waals surface area (Å²) in [5.74, 6) is 0.814. The fourth-order valence-electron chi connectivity index (χ4n) is 4.03. The number of aliphatic hydroxyl groups is 1. The number of fused-ring (bicyclic) bond motifs is 10. The molecule has 0 unspecified atom stereocenters. The molecule has 30 heavy (non-hydrogen) atoms. The van der Waals surface area contributed by atoms with Crippen LogP contribution in [0.15, 0.2) is 72.8 Å². The van der Waals surface area contributed by atoms with Crippen LogP contribution >= 0.6 is 0 Å². The van der Waals surface area contributed by atoms with Crippen molar-refractivity contribution in [1.29, 1.82) is 0 Å². The quantitative estimate of drug-likeness (QED) is 0.467. The van der Waals surface area contributed by atoms with Gasteiger partial charge in [0.25, 0.3) is 0 Å². The molecule has 0 saturated carbocycles. The first-order valence-corrected chi connectivity index (χ1v) is 10.0. The summed E-state index contributed by atoms with van der Waals surface area (Å²) in [5, 5.41) is 9.83. The van der Waals surface area contributed by atoms with Crippen molar-refractivity contribution in [2.45, 2.75) is 19.4 Å². The summed E-state index contributed by atoms with van der Waals surface area (Å²) in [7, 11) is 1.69. The minimum Gasteiger partial charge on any atom is -0.497 e. The highest BCUT2D eigenvalue weighted by atomic mass is 16.5. The second-order valence-electron chi connectivity index (χ2n) is 7.65. The predicted molar refractivity (Wildman–Crippen MR) is 117 cm³/mol. The van der Waals surface area contributed by atoms with Gasteiger partial charge in [0.05, 0.1) is 25.1 Å². The van der Waals surface area contributed by atoms with Gasteiger partial charge in [-0.1, -0.05) is 30.3 Å². The van der Waals surface area contributed by atoms with Crippen molar-refractivity contribution in [1.82, 2.24) is 9.97 Å². The van der Waals surface area contributed by atoms with Crippen molar-refractivity contribution in [2.75, 3.05) is 7.11 Å². The summed E-state index contributed by atoms with van der Waals surface area (Å²) in [6, 6.07) is 24.7. The van der Waals surface area contributed by atoms with Gasteiger partial charge in [0.1, 0.15) is 5.75 Å². The molecule has 1 aliphatic heterocycles. The summed E-state index contributed by atoms with van der Waals surface area (Å²) < 4.78 is 5.58. The van der Waals surface area contributed by atoms with Gasteiger partial charge in [-0.05, 0) is 70.3 Å². The normalized spacial score (nSPS) is 12.2. The van der Waals surface area contributed by atoms with Crippen molar-refractivity contribution in [3.8, 4) is 28.3 Å². The molecule has 0 radical (unpaired) electrons. The Morgan fingerprint density at radius 1 is 0.767 bits per heavy atom. The molecule has 0 saturated heterocycles. The molecule has 0 fully saturated rings. The van der Waals surface area contributed by atoms with Gasteiger partial charge in [-0.3, -0.25) is 9.97 Å². The third-order valence-electron chi connectivity index (χ3n) is 5.42. The molecule has 3 heterocycles. The monoisotopic (exact) mass is 394 g/mol. The Kier molecular flexibility index (Phi) is 4.77. The van der Waals surface area contributed by atoms with Crippen LogP contribution in [0.2, 0.25) is 0 Å². The van der Waals surface area contributed by atoms with E-state index in [0.29, 0.717) is 12.8 Å². The van der Waals surface area contributed by atoms with Crippen LogP contribution in [0.1, 0.15) is 28.1 Å². The zero-order valence-electron chi connectivity index (χ0n) is 16.8. The number of aromatic nitrogens is 2. The van der Waals surface area contributed by atoms with E-state index in [-0.39, 0.29) is 6.61 Å². The molecule has 0 spiro atoms. The van der Waals surface area contributed by atoms with Crippen LogP contribution in [-0.4, -0.2) is 22.2 Å². The van der Waals surface area contributed by atoms with E-state index in [4.69, 9.17) is 14.7 Å². The highest BCUT2D eigenvalue weighted by Crippen LogP contribution is 2.30. The Hall–Kier alpha value is -3.50. The maximum atomic E-state index is 9.83. The van der Waals surface area contributed by atoms with Gasteiger partial charge in [-0.25, -0.2) is 0 Å². The Morgan fingerprint density at radius 3 is 1.97 bits per heavy atom. The van der Waals surface area contributed by atoms with Crippen LogP contribution in [0.25, 0.3) is 22.5 Å². The molecule has 0 amide bonds. The second-order valence-corrected chi connectivity index (χ2v) is 7.65. The third-order valence-corrected chi connectivity index (χ3v) is 5.42. The highest BCUT2D eigenvalue weighted by Gasteiger charge is 2.12. The number of hydrogen-bond acceptors (Lipinski definition) is 4. The van der Waals surface area contributed by atoms with E-state index >= 15 is 0 Å². The van der Waals surface area contributed by atoms with Crippen molar-refractivity contribution < 1.29 is 9.84 Å². The van der Waals surface area contributed by atoms with E-state index < -0.39 is 0 Å². The van der Waals surface area contributed by atoms with E-state index in [0.717, 1.165) is 56.3 Å². The van der Waals surface area contributed by atoms with Crippen LogP contribution in [0.4, 0.5) is 0 Å². The summed E-state index contributed by atoms with van der Waals surface area (Å²) >= 11 is 0. The number of methoxy groups -OCH3 is 1. The molecule has 0 atom stereocenters. The van der Waals surface area contributed by atoms with Crippen LogP contribution < -0.4 is 4.74 Å². The number of hydrogen-bond donors (Lipinski definition) is 1. The Labute approximate surface area is 175 Å². The molecule has 148 valence electrons. The largest absolute Gasteiger partial charge is 0.497 e. The van der Waals surface area contributed by atoms with Gasteiger partial charge in [0.15, 0.2) is 0 Å². The predicted octanol–water partition coefficient (Wildman–Crippen LogP) is 4.81. The van der Waals surface area contributed by atoms with Gasteiger partial charge in [-0.15, -0.1) is 0 Å². The van der Waals surface area contributed by atoms with Crippen molar-refractivity contribution in [2.24, 2.45) is 0 Å². The Balaban J connectivity index is 1.75. The zero-order chi connectivity index (χ0) is 20.5. The molecule has 0 aliphatic carbocycles. The van der Waals surface area contributed by atoms with Gasteiger partial charge >= 0.3 is 0 Å².